The quantitative estimate of drug-likeness (QED) is 0.596. The van der Waals surface area contributed by atoms with Crippen molar-refractivity contribution in [3.8, 4) is 0 Å². The first kappa shape index (κ1) is 14.4. The van der Waals surface area contributed by atoms with E-state index in [4.69, 9.17) is 0 Å². The lowest BCUT2D eigenvalue weighted by Gasteiger charge is -2.15. The Labute approximate surface area is 94.2 Å². The van der Waals surface area contributed by atoms with Gasteiger partial charge in [0, 0.05) is 19.5 Å². The van der Waals surface area contributed by atoms with Crippen molar-refractivity contribution in [3.05, 3.63) is 0 Å². The zero-order valence-corrected chi connectivity index (χ0v) is 10.5. The van der Waals surface area contributed by atoms with E-state index in [-0.39, 0.29) is 5.91 Å². The Hall–Kier alpha value is -0.570. The molecule has 0 atom stereocenters. The van der Waals surface area contributed by atoms with Gasteiger partial charge in [-0.05, 0) is 26.4 Å². The Morgan fingerprint density at radius 2 is 1.80 bits per heavy atom. The molecule has 0 aromatic rings. The minimum absolute atomic E-state index is 0.187. The summed E-state index contributed by atoms with van der Waals surface area (Å²) in [5.41, 5.74) is 0. The van der Waals surface area contributed by atoms with Crippen LogP contribution < -0.4 is 5.32 Å². The minimum atomic E-state index is 0.187. The van der Waals surface area contributed by atoms with Gasteiger partial charge in [0.05, 0.1) is 0 Å². The van der Waals surface area contributed by atoms with Crippen LogP contribution in [0.15, 0.2) is 0 Å². The molecule has 0 aromatic heterocycles. The molecular formula is C12H26N2O. The highest BCUT2D eigenvalue weighted by Gasteiger charge is 2.02. The van der Waals surface area contributed by atoms with Crippen LogP contribution in [0.3, 0.4) is 0 Å². The number of hydrogen-bond donors (Lipinski definition) is 1. The van der Waals surface area contributed by atoms with Crippen LogP contribution in [0.5, 0.6) is 0 Å². The molecule has 0 aromatic carbocycles. The predicted octanol–water partition coefficient (Wildman–Crippen LogP) is 2.02. The average Bonchev–Trinajstić information content (AvgIpc) is 2.24. The molecule has 3 heteroatoms. The third-order valence-corrected chi connectivity index (χ3v) is 2.47. The minimum Gasteiger partial charge on any atom is -0.356 e. The van der Waals surface area contributed by atoms with Gasteiger partial charge >= 0.3 is 0 Å². The maximum atomic E-state index is 11.4. The first-order valence-corrected chi connectivity index (χ1v) is 6.16. The van der Waals surface area contributed by atoms with Gasteiger partial charge in [-0.2, -0.15) is 0 Å². The fraction of sp³-hybridized carbons (Fsp3) is 0.917. The van der Waals surface area contributed by atoms with E-state index in [2.05, 4.69) is 31.1 Å². The van der Waals surface area contributed by atoms with E-state index in [1.54, 1.807) is 0 Å². The molecule has 0 fully saturated rings. The Kier molecular flexibility index (Phi) is 9.59. The molecule has 1 amide bonds. The fourth-order valence-electron chi connectivity index (χ4n) is 1.33. The van der Waals surface area contributed by atoms with Gasteiger partial charge in [-0.1, -0.05) is 26.7 Å². The number of hydrogen-bond acceptors (Lipinski definition) is 2. The molecule has 0 heterocycles. The first-order valence-electron chi connectivity index (χ1n) is 6.16. The van der Waals surface area contributed by atoms with E-state index < -0.39 is 0 Å². The number of unbranched alkanes of at least 4 members (excludes halogenated alkanes) is 2. The Balaban J connectivity index is 3.36. The van der Waals surface area contributed by atoms with Crippen LogP contribution in [0.25, 0.3) is 0 Å². The van der Waals surface area contributed by atoms with Gasteiger partial charge in [-0.3, -0.25) is 4.79 Å². The second kappa shape index (κ2) is 9.97. The number of carbonyl (C=O) groups excluding carboxylic acids is 1. The fourth-order valence-corrected chi connectivity index (χ4v) is 1.33. The second-order valence-corrected chi connectivity index (χ2v) is 4.11. The van der Waals surface area contributed by atoms with Crippen molar-refractivity contribution in [2.24, 2.45) is 0 Å². The standard InChI is InChI=1S/C12H26N2O/c1-4-6-9-13-12(15)8-11-14(3)10-7-5-2/h4-11H2,1-3H3,(H,13,15). The number of amides is 1. The normalized spacial score (nSPS) is 10.7. The molecule has 1 N–H and O–H groups in total. The zero-order valence-electron chi connectivity index (χ0n) is 10.5. The average molecular weight is 214 g/mol. The zero-order chi connectivity index (χ0) is 11.5. The number of carbonyl (C=O) groups is 1. The third-order valence-electron chi connectivity index (χ3n) is 2.47. The van der Waals surface area contributed by atoms with Crippen LogP contribution in [0.4, 0.5) is 0 Å². The molecule has 0 bridgehead atoms. The molecule has 0 spiro atoms. The third kappa shape index (κ3) is 9.73. The molecule has 90 valence electrons. The van der Waals surface area contributed by atoms with E-state index in [9.17, 15) is 4.79 Å². The van der Waals surface area contributed by atoms with E-state index in [0.29, 0.717) is 6.42 Å². The molecular weight excluding hydrogens is 188 g/mol. The lowest BCUT2D eigenvalue weighted by molar-refractivity contribution is -0.121. The van der Waals surface area contributed by atoms with Crippen LogP contribution in [0, 0.1) is 0 Å². The highest BCUT2D eigenvalue weighted by atomic mass is 16.1. The largest absolute Gasteiger partial charge is 0.356 e. The highest BCUT2D eigenvalue weighted by Crippen LogP contribution is 1.93. The summed E-state index contributed by atoms with van der Waals surface area (Å²) in [6.07, 6.45) is 5.28. The second-order valence-electron chi connectivity index (χ2n) is 4.11. The van der Waals surface area contributed by atoms with Crippen LogP contribution in [0.2, 0.25) is 0 Å². The summed E-state index contributed by atoms with van der Waals surface area (Å²) < 4.78 is 0. The summed E-state index contributed by atoms with van der Waals surface area (Å²) in [5, 5.41) is 2.93. The number of nitrogens with zero attached hydrogens (tertiary/aromatic N) is 1. The summed E-state index contributed by atoms with van der Waals surface area (Å²) in [4.78, 5) is 13.6. The summed E-state index contributed by atoms with van der Waals surface area (Å²) >= 11 is 0. The maximum absolute atomic E-state index is 11.4. The SMILES string of the molecule is CCCCNC(=O)CCN(C)CCCC. The molecule has 0 aliphatic carbocycles. The molecule has 0 saturated heterocycles. The Bertz CT molecular complexity index is 160. The summed E-state index contributed by atoms with van der Waals surface area (Å²) in [5.74, 6) is 0.187. The van der Waals surface area contributed by atoms with Crippen LogP contribution in [-0.2, 0) is 4.79 Å². The van der Waals surface area contributed by atoms with Crippen LogP contribution in [-0.4, -0.2) is 37.5 Å². The van der Waals surface area contributed by atoms with Crippen molar-refractivity contribution < 1.29 is 4.79 Å². The molecule has 0 aliphatic heterocycles. The number of nitrogens with one attached hydrogen (secondary N) is 1. The van der Waals surface area contributed by atoms with Crippen molar-refractivity contribution in [2.45, 2.75) is 46.0 Å². The van der Waals surface area contributed by atoms with Gasteiger partial charge in [0.25, 0.3) is 0 Å². The van der Waals surface area contributed by atoms with Crippen molar-refractivity contribution in [1.82, 2.24) is 10.2 Å². The van der Waals surface area contributed by atoms with Gasteiger partial charge in [0.15, 0.2) is 0 Å². The van der Waals surface area contributed by atoms with E-state index in [0.717, 1.165) is 32.5 Å². The van der Waals surface area contributed by atoms with Gasteiger partial charge < -0.3 is 10.2 Å². The van der Waals surface area contributed by atoms with Crippen molar-refractivity contribution in [3.63, 3.8) is 0 Å². The monoisotopic (exact) mass is 214 g/mol. The molecule has 0 aliphatic rings. The molecule has 3 nitrogen and oxygen atoms in total. The van der Waals surface area contributed by atoms with Gasteiger partial charge in [0.2, 0.25) is 5.91 Å². The summed E-state index contributed by atoms with van der Waals surface area (Å²) in [6, 6.07) is 0. The van der Waals surface area contributed by atoms with Crippen molar-refractivity contribution >= 4 is 5.91 Å². The highest BCUT2D eigenvalue weighted by molar-refractivity contribution is 5.75. The lowest BCUT2D eigenvalue weighted by atomic mass is 10.3. The maximum Gasteiger partial charge on any atom is 0.221 e. The van der Waals surface area contributed by atoms with E-state index in [1.807, 2.05) is 0 Å². The lowest BCUT2D eigenvalue weighted by Crippen LogP contribution is -2.29. The molecule has 0 saturated carbocycles. The summed E-state index contributed by atoms with van der Waals surface area (Å²) in [6.45, 7) is 7.11. The smallest absolute Gasteiger partial charge is 0.221 e. The molecule has 0 unspecified atom stereocenters. The Morgan fingerprint density at radius 3 is 2.40 bits per heavy atom. The molecule has 0 rings (SSSR count). The summed E-state index contributed by atoms with van der Waals surface area (Å²) in [7, 11) is 2.08. The van der Waals surface area contributed by atoms with Gasteiger partial charge in [-0.15, -0.1) is 0 Å². The van der Waals surface area contributed by atoms with Crippen molar-refractivity contribution in [1.29, 1.82) is 0 Å². The first-order chi connectivity index (χ1) is 7.20. The Morgan fingerprint density at radius 1 is 1.13 bits per heavy atom. The van der Waals surface area contributed by atoms with E-state index in [1.165, 1.54) is 12.8 Å². The van der Waals surface area contributed by atoms with Crippen molar-refractivity contribution in [2.75, 3.05) is 26.7 Å². The number of rotatable bonds is 9. The molecule has 15 heavy (non-hydrogen) atoms. The van der Waals surface area contributed by atoms with Crippen LogP contribution in [0.1, 0.15) is 46.0 Å². The molecule has 0 radical (unpaired) electrons. The topological polar surface area (TPSA) is 32.3 Å². The van der Waals surface area contributed by atoms with Crippen LogP contribution >= 0.6 is 0 Å². The van der Waals surface area contributed by atoms with Gasteiger partial charge in [-0.25, -0.2) is 0 Å². The van der Waals surface area contributed by atoms with Gasteiger partial charge in [0.1, 0.15) is 0 Å². The predicted molar refractivity (Wildman–Crippen MR) is 64.9 cm³/mol. The van der Waals surface area contributed by atoms with E-state index >= 15 is 0 Å².